The quantitative estimate of drug-likeness (QED) is 0.891. The Morgan fingerprint density at radius 2 is 1.89 bits per heavy atom. The van der Waals surface area contributed by atoms with E-state index in [4.69, 9.17) is 0 Å². The molecule has 3 rings (SSSR count). The Balaban J connectivity index is 2.11. The number of anilines is 2. The second-order valence-corrected chi connectivity index (χ2v) is 6.24. The molecular weight excluding hydrogens is 264 g/mol. The summed E-state index contributed by atoms with van der Waals surface area (Å²) in [5, 5.41) is 6.35. The zero-order valence-corrected chi connectivity index (χ0v) is 11.3. The van der Waals surface area contributed by atoms with Crippen LogP contribution in [0.15, 0.2) is 41.6 Å². The molecule has 0 aliphatic carbocycles. The molecule has 0 unspecified atom stereocenters. The maximum Gasteiger partial charge on any atom is 0.281 e. The van der Waals surface area contributed by atoms with E-state index in [2.05, 4.69) is 10.2 Å². The van der Waals surface area contributed by atoms with Gasteiger partial charge in [0.25, 0.3) is 10.0 Å². The van der Waals surface area contributed by atoms with Crippen LogP contribution in [-0.4, -0.2) is 38.8 Å². The summed E-state index contributed by atoms with van der Waals surface area (Å²) in [6.07, 6.45) is 1.44. The summed E-state index contributed by atoms with van der Waals surface area (Å²) >= 11 is 0. The molecule has 1 aliphatic rings. The lowest BCUT2D eigenvalue weighted by atomic mass is 10.2. The van der Waals surface area contributed by atoms with Gasteiger partial charge >= 0.3 is 0 Å². The van der Waals surface area contributed by atoms with Gasteiger partial charge in [-0.3, -0.25) is 9.40 Å². The number of rotatable bonds is 2. The summed E-state index contributed by atoms with van der Waals surface area (Å²) in [6, 6.07) is 8.95. The number of benzene rings is 1. The van der Waals surface area contributed by atoms with Gasteiger partial charge in [0.1, 0.15) is 0 Å². The minimum atomic E-state index is -3.57. The number of hydrogen-bond donors (Lipinski definition) is 1. The first-order chi connectivity index (χ1) is 9.10. The van der Waals surface area contributed by atoms with Gasteiger partial charge in [-0.25, -0.2) is 0 Å². The lowest BCUT2D eigenvalue weighted by Gasteiger charge is -2.35. The van der Waals surface area contributed by atoms with Crippen molar-refractivity contribution >= 4 is 21.4 Å². The highest BCUT2D eigenvalue weighted by Crippen LogP contribution is 2.34. The maximum absolute atomic E-state index is 12.6. The molecule has 1 aromatic heterocycles. The molecule has 0 atom stereocenters. The fourth-order valence-corrected chi connectivity index (χ4v) is 3.61. The minimum Gasteiger partial charge on any atom is -0.371 e. The Morgan fingerprint density at radius 1 is 1.16 bits per heavy atom. The fraction of sp³-hybridized carbons (Fsp3) is 0.250. The third-order valence-corrected chi connectivity index (χ3v) is 4.99. The van der Waals surface area contributed by atoms with E-state index < -0.39 is 10.0 Å². The molecule has 100 valence electrons. The normalized spacial score (nSPS) is 15.4. The molecule has 7 heteroatoms. The number of para-hydroxylation sites is 2. The highest BCUT2D eigenvalue weighted by atomic mass is 32.2. The number of hydrogen-bond acceptors (Lipinski definition) is 4. The second-order valence-electron chi connectivity index (χ2n) is 4.41. The van der Waals surface area contributed by atoms with Crippen LogP contribution in [0.3, 0.4) is 0 Å². The van der Waals surface area contributed by atoms with Gasteiger partial charge in [-0.2, -0.15) is 13.5 Å². The first kappa shape index (κ1) is 12.0. The number of sulfonamides is 1. The van der Waals surface area contributed by atoms with Gasteiger partial charge in [-0.05, 0) is 18.2 Å². The van der Waals surface area contributed by atoms with Crippen molar-refractivity contribution in [3.8, 4) is 0 Å². The molecule has 0 amide bonds. The predicted molar refractivity (Wildman–Crippen MR) is 72.8 cm³/mol. The Kier molecular flexibility index (Phi) is 2.70. The van der Waals surface area contributed by atoms with E-state index >= 15 is 0 Å². The maximum atomic E-state index is 12.6. The summed E-state index contributed by atoms with van der Waals surface area (Å²) in [6.45, 7) is 1.08. The van der Waals surface area contributed by atoms with Crippen LogP contribution in [0.2, 0.25) is 0 Å². The molecule has 6 nitrogen and oxygen atoms in total. The Hall–Kier alpha value is -2.02. The molecule has 0 saturated heterocycles. The smallest absolute Gasteiger partial charge is 0.281 e. The Bertz CT molecular complexity index is 682. The molecule has 19 heavy (non-hydrogen) atoms. The van der Waals surface area contributed by atoms with Crippen LogP contribution in [0.5, 0.6) is 0 Å². The van der Waals surface area contributed by atoms with Crippen molar-refractivity contribution in [3.63, 3.8) is 0 Å². The van der Waals surface area contributed by atoms with E-state index in [9.17, 15) is 8.42 Å². The molecule has 2 aromatic rings. The number of nitrogens with zero attached hydrogens (tertiary/aromatic N) is 3. The Labute approximate surface area is 111 Å². The molecule has 1 N–H and O–H groups in total. The first-order valence-electron chi connectivity index (χ1n) is 5.93. The average Bonchev–Trinajstić information content (AvgIpc) is 2.94. The van der Waals surface area contributed by atoms with E-state index in [0.717, 1.165) is 5.69 Å². The third-order valence-electron chi connectivity index (χ3n) is 3.24. The number of fused-ring (bicyclic) bond motifs is 1. The molecular formula is C12H14N4O2S. The monoisotopic (exact) mass is 278 g/mol. The van der Waals surface area contributed by atoms with Gasteiger partial charge in [-0.15, -0.1) is 0 Å². The van der Waals surface area contributed by atoms with E-state index in [1.807, 2.05) is 36.2 Å². The van der Waals surface area contributed by atoms with Crippen molar-refractivity contribution in [2.45, 2.75) is 5.03 Å². The van der Waals surface area contributed by atoms with Gasteiger partial charge in [-0.1, -0.05) is 12.1 Å². The van der Waals surface area contributed by atoms with Gasteiger partial charge < -0.3 is 4.90 Å². The van der Waals surface area contributed by atoms with Crippen LogP contribution >= 0.6 is 0 Å². The number of nitrogens with one attached hydrogen (secondary N) is 1. The van der Waals surface area contributed by atoms with E-state index in [1.165, 1.54) is 16.6 Å². The third kappa shape index (κ3) is 1.86. The summed E-state index contributed by atoms with van der Waals surface area (Å²) in [5.74, 6) is 0. The average molecular weight is 278 g/mol. The van der Waals surface area contributed by atoms with Crippen molar-refractivity contribution in [1.29, 1.82) is 0 Å². The second kappa shape index (κ2) is 4.27. The fourth-order valence-electron chi connectivity index (χ4n) is 2.23. The van der Waals surface area contributed by atoms with E-state index in [-0.39, 0.29) is 5.03 Å². The van der Waals surface area contributed by atoms with E-state index in [1.54, 1.807) is 0 Å². The highest BCUT2D eigenvalue weighted by Gasteiger charge is 2.31. The molecule has 0 spiro atoms. The van der Waals surface area contributed by atoms with Crippen LogP contribution in [0, 0.1) is 0 Å². The lowest BCUT2D eigenvalue weighted by molar-refractivity contribution is 0.585. The molecule has 0 bridgehead atoms. The summed E-state index contributed by atoms with van der Waals surface area (Å²) < 4.78 is 26.5. The van der Waals surface area contributed by atoms with Crippen LogP contribution < -0.4 is 9.21 Å². The zero-order chi connectivity index (χ0) is 13.5. The summed E-state index contributed by atoms with van der Waals surface area (Å²) in [7, 11) is -1.61. The predicted octanol–water partition coefficient (Wildman–Crippen LogP) is 1.05. The SMILES string of the molecule is CN1CCN(S(=O)(=O)c2ccn[nH]2)c2ccccc21. The molecule has 1 aromatic carbocycles. The standard InChI is InChI=1S/C12H14N4O2S/c1-15-8-9-16(11-5-3-2-4-10(11)15)19(17,18)12-6-7-13-14-12/h2-7H,8-9H2,1H3,(H,13,14). The number of aromatic nitrogens is 2. The summed E-state index contributed by atoms with van der Waals surface area (Å²) in [5.41, 5.74) is 1.61. The molecule has 0 saturated carbocycles. The van der Waals surface area contributed by atoms with Crippen LogP contribution in [0.1, 0.15) is 0 Å². The Morgan fingerprint density at radius 3 is 2.58 bits per heavy atom. The van der Waals surface area contributed by atoms with E-state index in [0.29, 0.717) is 18.8 Å². The molecule has 0 radical (unpaired) electrons. The number of H-pyrrole nitrogens is 1. The van der Waals surface area contributed by atoms with Crippen molar-refractivity contribution in [2.75, 3.05) is 29.3 Å². The summed E-state index contributed by atoms with van der Waals surface area (Å²) in [4.78, 5) is 2.05. The van der Waals surface area contributed by atoms with Gasteiger partial charge in [0.05, 0.1) is 24.1 Å². The van der Waals surface area contributed by atoms with Crippen LogP contribution in [0.25, 0.3) is 0 Å². The first-order valence-corrected chi connectivity index (χ1v) is 7.37. The highest BCUT2D eigenvalue weighted by molar-refractivity contribution is 7.92. The number of likely N-dealkylation sites (N-methyl/N-ethyl adjacent to an activating group) is 1. The van der Waals surface area contributed by atoms with Gasteiger partial charge in [0.2, 0.25) is 0 Å². The van der Waals surface area contributed by atoms with Crippen molar-refractivity contribution in [1.82, 2.24) is 10.2 Å². The number of aromatic amines is 1. The molecule has 0 fully saturated rings. The van der Waals surface area contributed by atoms with Crippen LogP contribution in [-0.2, 0) is 10.0 Å². The van der Waals surface area contributed by atoms with Gasteiger partial charge in [0, 0.05) is 13.6 Å². The zero-order valence-electron chi connectivity index (χ0n) is 10.4. The van der Waals surface area contributed by atoms with Crippen molar-refractivity contribution in [2.24, 2.45) is 0 Å². The van der Waals surface area contributed by atoms with Crippen LogP contribution in [0.4, 0.5) is 11.4 Å². The molecule has 2 heterocycles. The van der Waals surface area contributed by atoms with Crippen molar-refractivity contribution < 1.29 is 8.42 Å². The topological polar surface area (TPSA) is 69.3 Å². The largest absolute Gasteiger partial charge is 0.371 e. The lowest BCUT2D eigenvalue weighted by Crippen LogP contribution is -2.42. The minimum absolute atomic E-state index is 0.117. The van der Waals surface area contributed by atoms with Gasteiger partial charge in [0.15, 0.2) is 5.03 Å². The molecule has 1 aliphatic heterocycles. The van der Waals surface area contributed by atoms with Crippen molar-refractivity contribution in [3.05, 3.63) is 36.5 Å².